The molecule has 0 aliphatic heterocycles. The molecule has 0 N–H and O–H groups in total. The van der Waals surface area contributed by atoms with Gasteiger partial charge in [0.1, 0.15) is 0 Å². The van der Waals surface area contributed by atoms with Gasteiger partial charge in [-0.3, -0.25) is 0 Å². The van der Waals surface area contributed by atoms with Crippen molar-refractivity contribution in [3.63, 3.8) is 0 Å². The van der Waals surface area contributed by atoms with Gasteiger partial charge in [0.15, 0.2) is 0 Å². The minimum atomic E-state index is -2.39. The third kappa shape index (κ3) is 2.33. The average Bonchev–Trinajstić information content (AvgIpc) is 2.70. The molecule has 2 rings (SSSR count). The molecule has 0 amide bonds. The summed E-state index contributed by atoms with van der Waals surface area (Å²) in [6, 6.07) is 0. The van der Waals surface area contributed by atoms with Crippen LogP contribution in [0.5, 0.6) is 0 Å². The molecule has 0 nitrogen and oxygen atoms in total. The van der Waals surface area contributed by atoms with Crippen molar-refractivity contribution in [2.24, 2.45) is 0 Å². The topological polar surface area (TPSA) is 0 Å². The maximum Gasteiger partial charge on any atom is 0.272 e. The normalized spacial score (nSPS) is 28.8. The van der Waals surface area contributed by atoms with Crippen LogP contribution in [0.3, 0.4) is 0 Å². The molecule has 0 aromatic rings. The lowest BCUT2D eigenvalue weighted by atomic mass is 10.2. The molecule has 2 aliphatic carbocycles. The van der Waals surface area contributed by atoms with Crippen LogP contribution in [0.1, 0.15) is 27.7 Å². The lowest BCUT2D eigenvalue weighted by Crippen LogP contribution is -2.31. The minimum Gasteiger partial charge on any atom is -0.144 e. The van der Waals surface area contributed by atoms with Crippen LogP contribution in [0, 0.1) is 0 Å². The molecule has 0 aromatic carbocycles. The first kappa shape index (κ1) is 13.2. The SMILES string of the molecule is CC1=CC([Si](Cl)(Cl)C2C=C(C)C=C2C)C(C)=C1. The van der Waals surface area contributed by atoms with E-state index in [1.54, 1.807) is 0 Å². The van der Waals surface area contributed by atoms with Crippen molar-refractivity contribution in [1.82, 2.24) is 0 Å². The smallest absolute Gasteiger partial charge is 0.144 e. The van der Waals surface area contributed by atoms with Crippen LogP contribution in [0.2, 0.25) is 11.1 Å². The predicted octanol–water partition coefficient (Wildman–Crippen LogP) is 5.46. The van der Waals surface area contributed by atoms with Gasteiger partial charge in [-0.05, 0) is 27.7 Å². The lowest BCUT2D eigenvalue weighted by Gasteiger charge is -2.30. The van der Waals surface area contributed by atoms with Crippen LogP contribution in [-0.2, 0) is 0 Å². The molecular formula is C14H18Cl2Si. The second-order valence-electron chi connectivity index (χ2n) is 5.23. The van der Waals surface area contributed by atoms with Crippen LogP contribution in [0.15, 0.2) is 46.6 Å². The van der Waals surface area contributed by atoms with E-state index < -0.39 is 6.69 Å². The average molecular weight is 285 g/mol. The summed E-state index contributed by atoms with van der Waals surface area (Å²) >= 11 is 13.6. The highest BCUT2D eigenvalue weighted by Gasteiger charge is 2.47. The van der Waals surface area contributed by atoms with Crippen LogP contribution in [-0.4, -0.2) is 6.69 Å². The zero-order valence-corrected chi connectivity index (χ0v) is 13.2. The number of halogens is 2. The molecule has 0 spiro atoms. The van der Waals surface area contributed by atoms with Crippen LogP contribution >= 0.6 is 22.2 Å². The summed E-state index contributed by atoms with van der Waals surface area (Å²) in [5.41, 5.74) is 5.69. The van der Waals surface area contributed by atoms with Crippen molar-refractivity contribution in [1.29, 1.82) is 0 Å². The van der Waals surface area contributed by atoms with Crippen molar-refractivity contribution < 1.29 is 0 Å². The Bertz CT molecular complexity index is 425. The maximum absolute atomic E-state index is 6.80. The Kier molecular flexibility index (Phi) is 3.46. The van der Waals surface area contributed by atoms with E-state index in [-0.39, 0.29) is 11.1 Å². The first-order valence-corrected chi connectivity index (χ1v) is 10.1. The van der Waals surface area contributed by atoms with E-state index in [0.717, 1.165) is 0 Å². The molecule has 0 saturated heterocycles. The summed E-state index contributed by atoms with van der Waals surface area (Å²) < 4.78 is 0. The van der Waals surface area contributed by atoms with Crippen LogP contribution in [0.4, 0.5) is 0 Å². The van der Waals surface area contributed by atoms with Crippen molar-refractivity contribution in [3.05, 3.63) is 46.6 Å². The van der Waals surface area contributed by atoms with E-state index >= 15 is 0 Å². The molecule has 2 unspecified atom stereocenters. The first-order chi connectivity index (χ1) is 7.82. The Morgan fingerprint density at radius 2 is 1.18 bits per heavy atom. The molecule has 0 aromatic heterocycles. The third-order valence-corrected chi connectivity index (χ3v) is 9.30. The van der Waals surface area contributed by atoms with E-state index in [1.165, 1.54) is 22.3 Å². The van der Waals surface area contributed by atoms with Gasteiger partial charge in [-0.1, -0.05) is 46.6 Å². The summed E-state index contributed by atoms with van der Waals surface area (Å²) in [6.07, 6.45) is 8.86. The minimum absolute atomic E-state index is 0.251. The summed E-state index contributed by atoms with van der Waals surface area (Å²) in [4.78, 5) is 0. The molecule has 0 bridgehead atoms. The summed E-state index contributed by atoms with van der Waals surface area (Å²) in [5, 5.41) is 0. The number of rotatable bonds is 2. The van der Waals surface area contributed by atoms with E-state index in [4.69, 9.17) is 22.2 Å². The fourth-order valence-electron chi connectivity index (χ4n) is 2.81. The molecule has 3 heteroatoms. The second kappa shape index (κ2) is 4.45. The Labute approximate surface area is 114 Å². The van der Waals surface area contributed by atoms with Crippen molar-refractivity contribution in [2.45, 2.75) is 38.8 Å². The number of hydrogen-bond donors (Lipinski definition) is 0. The van der Waals surface area contributed by atoms with Gasteiger partial charge in [-0.15, -0.1) is 22.2 Å². The monoisotopic (exact) mass is 284 g/mol. The molecule has 2 atom stereocenters. The third-order valence-electron chi connectivity index (χ3n) is 3.58. The zero-order chi connectivity index (χ0) is 12.8. The van der Waals surface area contributed by atoms with Gasteiger partial charge in [-0.25, -0.2) is 0 Å². The standard InChI is InChI=1S/C14H18Cl2Si/c1-9-5-11(3)13(7-9)17(15,16)14-8-10(2)6-12(14)4/h5-8,13-14H,1-4H3. The fraction of sp³-hybridized carbons (Fsp3) is 0.429. The highest BCUT2D eigenvalue weighted by Crippen LogP contribution is 2.52. The van der Waals surface area contributed by atoms with Gasteiger partial charge in [0.05, 0.1) is 0 Å². The Morgan fingerprint density at radius 1 is 0.824 bits per heavy atom. The van der Waals surface area contributed by atoms with Gasteiger partial charge in [-0.2, -0.15) is 0 Å². The van der Waals surface area contributed by atoms with Gasteiger partial charge >= 0.3 is 0 Å². The molecule has 17 heavy (non-hydrogen) atoms. The Balaban J connectivity index is 2.33. The molecule has 0 radical (unpaired) electrons. The van der Waals surface area contributed by atoms with Gasteiger partial charge in [0.25, 0.3) is 6.69 Å². The fourth-order valence-corrected chi connectivity index (χ4v) is 8.36. The number of hydrogen-bond acceptors (Lipinski definition) is 0. The van der Waals surface area contributed by atoms with E-state index in [0.29, 0.717) is 0 Å². The van der Waals surface area contributed by atoms with Gasteiger partial charge in [0.2, 0.25) is 0 Å². The largest absolute Gasteiger partial charge is 0.272 e. The van der Waals surface area contributed by atoms with Gasteiger partial charge in [0, 0.05) is 11.1 Å². The first-order valence-electron chi connectivity index (χ1n) is 5.93. The Hall–Kier alpha value is -0.243. The van der Waals surface area contributed by atoms with E-state index in [2.05, 4.69) is 52.0 Å². The van der Waals surface area contributed by atoms with Crippen molar-refractivity contribution in [3.8, 4) is 0 Å². The van der Waals surface area contributed by atoms with Gasteiger partial charge < -0.3 is 0 Å². The van der Waals surface area contributed by atoms with E-state index in [1.807, 2.05) is 0 Å². The molecule has 2 aliphatic rings. The summed E-state index contributed by atoms with van der Waals surface area (Å²) in [7, 11) is 0. The molecule has 0 heterocycles. The zero-order valence-electron chi connectivity index (χ0n) is 10.7. The summed E-state index contributed by atoms with van der Waals surface area (Å²) in [5.74, 6) is 0. The molecule has 0 saturated carbocycles. The second-order valence-corrected chi connectivity index (χ2v) is 12.2. The molecule has 92 valence electrons. The van der Waals surface area contributed by atoms with Crippen molar-refractivity contribution in [2.75, 3.05) is 0 Å². The van der Waals surface area contributed by atoms with Crippen molar-refractivity contribution >= 4 is 28.9 Å². The van der Waals surface area contributed by atoms with E-state index in [9.17, 15) is 0 Å². The molecular weight excluding hydrogens is 267 g/mol. The van der Waals surface area contributed by atoms with Crippen LogP contribution < -0.4 is 0 Å². The Morgan fingerprint density at radius 3 is 1.41 bits per heavy atom. The quantitative estimate of drug-likeness (QED) is 0.467. The predicted molar refractivity (Wildman–Crippen MR) is 80.0 cm³/mol. The maximum atomic E-state index is 6.80. The number of allylic oxidation sites excluding steroid dienone is 8. The highest BCUT2D eigenvalue weighted by atomic mass is 35.7. The lowest BCUT2D eigenvalue weighted by molar-refractivity contribution is 1.11. The molecule has 0 fully saturated rings. The van der Waals surface area contributed by atoms with Crippen LogP contribution in [0.25, 0.3) is 0 Å². The summed E-state index contributed by atoms with van der Waals surface area (Å²) in [6.45, 7) is 6.10. The highest BCUT2D eigenvalue weighted by molar-refractivity contribution is 7.47.